The number of rotatable bonds is 6. The van der Waals surface area contributed by atoms with Crippen LogP contribution in [0.5, 0.6) is 11.5 Å². The maximum absolute atomic E-state index is 9.19. The van der Waals surface area contributed by atoms with Crippen LogP contribution in [0.15, 0.2) is 18.2 Å². The fourth-order valence-corrected chi connectivity index (χ4v) is 2.00. The summed E-state index contributed by atoms with van der Waals surface area (Å²) in [6.07, 6.45) is 0.530. The monoisotopic (exact) mass is 288 g/mol. The van der Waals surface area contributed by atoms with Gasteiger partial charge in [0.15, 0.2) is 5.69 Å². The van der Waals surface area contributed by atoms with Crippen molar-refractivity contribution < 1.29 is 14.6 Å². The van der Waals surface area contributed by atoms with Gasteiger partial charge in [-0.2, -0.15) is 5.26 Å². The Labute approximate surface area is 122 Å². The number of aromatic nitrogens is 3. The van der Waals surface area contributed by atoms with Gasteiger partial charge in [0.1, 0.15) is 23.3 Å². The van der Waals surface area contributed by atoms with Crippen molar-refractivity contribution in [1.29, 1.82) is 5.26 Å². The first-order valence-electron chi connectivity index (χ1n) is 6.41. The van der Waals surface area contributed by atoms with Crippen LogP contribution in [0, 0.1) is 11.3 Å². The summed E-state index contributed by atoms with van der Waals surface area (Å²) in [6, 6.07) is 7.35. The molecule has 0 amide bonds. The van der Waals surface area contributed by atoms with E-state index in [9.17, 15) is 5.26 Å². The van der Waals surface area contributed by atoms with Crippen LogP contribution in [0.1, 0.15) is 12.1 Å². The number of aliphatic hydroxyl groups is 1. The van der Waals surface area contributed by atoms with Gasteiger partial charge in [-0.05, 0) is 18.6 Å². The predicted molar refractivity (Wildman–Crippen MR) is 75.0 cm³/mol. The Morgan fingerprint density at radius 1 is 1.24 bits per heavy atom. The minimum atomic E-state index is 0.0443. The molecule has 0 atom stereocenters. The van der Waals surface area contributed by atoms with Gasteiger partial charge in [-0.15, -0.1) is 5.10 Å². The van der Waals surface area contributed by atoms with E-state index < -0.39 is 0 Å². The summed E-state index contributed by atoms with van der Waals surface area (Å²) < 4.78 is 12.1. The minimum Gasteiger partial charge on any atom is -0.497 e. The van der Waals surface area contributed by atoms with Crippen LogP contribution in [-0.2, 0) is 6.54 Å². The first-order chi connectivity index (χ1) is 10.2. The second kappa shape index (κ2) is 6.72. The third kappa shape index (κ3) is 3.12. The van der Waals surface area contributed by atoms with Crippen molar-refractivity contribution in [1.82, 2.24) is 15.0 Å². The SMILES string of the molecule is COc1cc(OC)cc(-c2c(C#N)nnn2CCCO)c1. The van der Waals surface area contributed by atoms with Gasteiger partial charge in [-0.3, -0.25) is 0 Å². The van der Waals surface area contributed by atoms with E-state index in [4.69, 9.17) is 14.6 Å². The summed E-state index contributed by atoms with van der Waals surface area (Å²) in [5, 5.41) is 26.0. The van der Waals surface area contributed by atoms with Gasteiger partial charge < -0.3 is 14.6 Å². The van der Waals surface area contributed by atoms with E-state index >= 15 is 0 Å². The van der Waals surface area contributed by atoms with Gasteiger partial charge >= 0.3 is 0 Å². The summed E-state index contributed by atoms with van der Waals surface area (Å²) in [4.78, 5) is 0. The van der Waals surface area contributed by atoms with Crippen molar-refractivity contribution >= 4 is 0 Å². The number of aryl methyl sites for hydroxylation is 1. The summed E-state index contributed by atoms with van der Waals surface area (Å²) in [6.45, 7) is 0.517. The highest BCUT2D eigenvalue weighted by Crippen LogP contribution is 2.31. The highest BCUT2D eigenvalue weighted by molar-refractivity contribution is 5.68. The van der Waals surface area contributed by atoms with Gasteiger partial charge in [0.2, 0.25) is 0 Å². The summed E-state index contributed by atoms with van der Waals surface area (Å²) in [5.41, 5.74) is 1.54. The molecular weight excluding hydrogens is 272 g/mol. The fraction of sp³-hybridized carbons (Fsp3) is 0.357. The number of hydrogen-bond acceptors (Lipinski definition) is 6. The zero-order chi connectivity index (χ0) is 15.2. The molecule has 0 saturated carbocycles. The zero-order valence-corrected chi connectivity index (χ0v) is 11.9. The highest BCUT2D eigenvalue weighted by Gasteiger charge is 2.16. The van der Waals surface area contributed by atoms with Crippen LogP contribution < -0.4 is 9.47 Å². The molecule has 2 rings (SSSR count). The fourth-order valence-electron chi connectivity index (χ4n) is 2.00. The van der Waals surface area contributed by atoms with E-state index in [0.717, 1.165) is 5.56 Å². The molecule has 7 nitrogen and oxygen atoms in total. The smallest absolute Gasteiger partial charge is 0.190 e. The van der Waals surface area contributed by atoms with Crippen molar-refractivity contribution in [3.63, 3.8) is 0 Å². The van der Waals surface area contributed by atoms with Crippen LogP contribution in [0.2, 0.25) is 0 Å². The predicted octanol–water partition coefficient (Wildman–Crippen LogP) is 1.22. The third-order valence-electron chi connectivity index (χ3n) is 2.99. The number of nitrogens with zero attached hydrogens (tertiary/aromatic N) is 4. The lowest BCUT2D eigenvalue weighted by Crippen LogP contribution is -2.05. The summed E-state index contributed by atoms with van der Waals surface area (Å²) in [5.74, 6) is 1.23. The quantitative estimate of drug-likeness (QED) is 0.859. The van der Waals surface area contributed by atoms with Crippen LogP contribution in [0.4, 0.5) is 0 Å². The second-order valence-corrected chi connectivity index (χ2v) is 4.30. The molecule has 1 aromatic heterocycles. The molecule has 0 bridgehead atoms. The molecule has 0 fully saturated rings. The average molecular weight is 288 g/mol. The van der Waals surface area contributed by atoms with Crippen molar-refractivity contribution in [3.8, 4) is 28.8 Å². The normalized spacial score (nSPS) is 10.2. The molecule has 0 aliphatic rings. The Bertz CT molecular complexity index is 638. The summed E-state index contributed by atoms with van der Waals surface area (Å²) in [7, 11) is 3.12. The molecule has 0 radical (unpaired) electrons. The number of nitriles is 1. The molecule has 110 valence electrons. The Hall–Kier alpha value is -2.59. The van der Waals surface area contributed by atoms with Crippen molar-refractivity contribution in [2.75, 3.05) is 20.8 Å². The maximum Gasteiger partial charge on any atom is 0.190 e. The molecule has 0 saturated heterocycles. The van der Waals surface area contributed by atoms with Crippen LogP contribution in [0.3, 0.4) is 0 Å². The average Bonchev–Trinajstić information content (AvgIpc) is 2.95. The largest absolute Gasteiger partial charge is 0.497 e. The molecule has 0 spiro atoms. The molecule has 1 aromatic carbocycles. The number of ether oxygens (including phenoxy) is 2. The molecule has 1 heterocycles. The molecule has 7 heteroatoms. The van der Waals surface area contributed by atoms with E-state index in [0.29, 0.717) is 30.2 Å². The van der Waals surface area contributed by atoms with Gasteiger partial charge in [-0.25, -0.2) is 4.68 Å². The lowest BCUT2D eigenvalue weighted by molar-refractivity contribution is 0.276. The van der Waals surface area contributed by atoms with Crippen molar-refractivity contribution in [2.45, 2.75) is 13.0 Å². The molecule has 2 aromatic rings. The zero-order valence-electron chi connectivity index (χ0n) is 11.9. The van der Waals surface area contributed by atoms with E-state index in [1.54, 1.807) is 37.1 Å². The molecule has 0 aliphatic heterocycles. The molecule has 0 aliphatic carbocycles. The van der Waals surface area contributed by atoms with Crippen molar-refractivity contribution in [3.05, 3.63) is 23.9 Å². The van der Waals surface area contributed by atoms with Gasteiger partial charge in [0, 0.05) is 24.8 Å². The van der Waals surface area contributed by atoms with Crippen LogP contribution in [-0.4, -0.2) is 40.9 Å². The second-order valence-electron chi connectivity index (χ2n) is 4.30. The standard InChI is InChI=1S/C14H16N4O3/c1-20-11-6-10(7-12(8-11)21-2)14-13(9-15)16-17-18(14)4-3-5-19/h6-8,19H,3-5H2,1-2H3. The van der Waals surface area contributed by atoms with Gasteiger partial charge in [0.05, 0.1) is 14.2 Å². The van der Waals surface area contributed by atoms with E-state index in [1.165, 1.54) is 0 Å². The third-order valence-corrected chi connectivity index (χ3v) is 2.99. The van der Waals surface area contributed by atoms with Crippen molar-refractivity contribution in [2.24, 2.45) is 0 Å². The first kappa shape index (κ1) is 14.8. The van der Waals surface area contributed by atoms with E-state index in [2.05, 4.69) is 10.3 Å². The molecule has 21 heavy (non-hydrogen) atoms. The number of aliphatic hydroxyl groups excluding tert-OH is 1. The highest BCUT2D eigenvalue weighted by atomic mass is 16.5. The van der Waals surface area contributed by atoms with Crippen LogP contribution in [0.25, 0.3) is 11.3 Å². The Morgan fingerprint density at radius 3 is 2.43 bits per heavy atom. The lowest BCUT2D eigenvalue weighted by atomic mass is 10.1. The lowest BCUT2D eigenvalue weighted by Gasteiger charge is -2.10. The van der Waals surface area contributed by atoms with Gasteiger partial charge in [0.25, 0.3) is 0 Å². The van der Waals surface area contributed by atoms with E-state index in [-0.39, 0.29) is 12.3 Å². The number of methoxy groups -OCH3 is 2. The minimum absolute atomic E-state index is 0.0443. The Kier molecular flexibility index (Phi) is 4.74. The van der Waals surface area contributed by atoms with Gasteiger partial charge in [-0.1, -0.05) is 5.21 Å². The van der Waals surface area contributed by atoms with Crippen LogP contribution >= 0.6 is 0 Å². The topological polar surface area (TPSA) is 93.2 Å². The summed E-state index contributed by atoms with van der Waals surface area (Å²) >= 11 is 0. The number of hydrogen-bond donors (Lipinski definition) is 1. The maximum atomic E-state index is 9.19. The molecular formula is C14H16N4O3. The molecule has 0 unspecified atom stereocenters. The van der Waals surface area contributed by atoms with E-state index in [1.807, 2.05) is 6.07 Å². The Morgan fingerprint density at radius 2 is 1.90 bits per heavy atom. The number of benzene rings is 1. The first-order valence-corrected chi connectivity index (χ1v) is 6.41. The molecule has 1 N–H and O–H groups in total. The Balaban J connectivity index is 2.54.